The fraction of sp³-hybridized carbons (Fsp3) is 0.526. The van der Waals surface area contributed by atoms with Crippen LogP contribution in [0.1, 0.15) is 18.9 Å². The molecular formula is C19H23N3O5. The second-order valence-corrected chi connectivity index (χ2v) is 7.59. The minimum atomic E-state index is -0.446. The zero-order valence-corrected chi connectivity index (χ0v) is 15.2. The molecule has 0 bridgehead atoms. The Labute approximate surface area is 157 Å². The Morgan fingerprint density at radius 3 is 2.70 bits per heavy atom. The number of rotatable bonds is 5. The highest BCUT2D eigenvalue weighted by Gasteiger charge is 2.61. The van der Waals surface area contributed by atoms with Gasteiger partial charge in [-0.2, -0.15) is 0 Å². The summed E-state index contributed by atoms with van der Waals surface area (Å²) in [6, 6.07) is 7.82. The highest BCUT2D eigenvalue weighted by atomic mass is 16.6. The van der Waals surface area contributed by atoms with Crippen molar-refractivity contribution in [2.75, 3.05) is 37.7 Å². The summed E-state index contributed by atoms with van der Waals surface area (Å²) >= 11 is 0. The maximum Gasteiger partial charge on any atom is 0.414 e. The summed E-state index contributed by atoms with van der Waals surface area (Å²) in [5.41, 5.74) is 1.90. The van der Waals surface area contributed by atoms with E-state index in [0.29, 0.717) is 32.1 Å². The number of amides is 3. The van der Waals surface area contributed by atoms with Gasteiger partial charge in [-0.05, 0) is 30.0 Å². The number of aliphatic hydroxyl groups is 1. The van der Waals surface area contributed by atoms with E-state index in [0.717, 1.165) is 17.7 Å². The smallest absolute Gasteiger partial charge is 0.414 e. The minimum Gasteiger partial charge on any atom is -0.442 e. The molecule has 2 aliphatic heterocycles. The molecule has 1 aromatic carbocycles. The molecule has 27 heavy (non-hydrogen) atoms. The van der Waals surface area contributed by atoms with Crippen molar-refractivity contribution in [2.45, 2.75) is 24.9 Å². The molecule has 4 rings (SSSR count). The number of nitrogens with one attached hydrogen (secondary N) is 1. The van der Waals surface area contributed by atoms with Crippen LogP contribution in [0.5, 0.6) is 0 Å². The summed E-state index contributed by atoms with van der Waals surface area (Å²) in [5, 5.41) is 11.7. The molecule has 8 nitrogen and oxygen atoms in total. The number of cyclic esters (lactones) is 1. The lowest BCUT2D eigenvalue weighted by Gasteiger charge is -2.21. The normalized spacial score (nSPS) is 28.7. The number of likely N-dealkylation sites (tertiary alicyclic amines) is 1. The lowest BCUT2D eigenvalue weighted by atomic mass is 9.94. The van der Waals surface area contributed by atoms with Crippen LogP contribution in [0.15, 0.2) is 24.3 Å². The average Bonchev–Trinajstić information content (AvgIpc) is 3.03. The molecule has 3 unspecified atom stereocenters. The number of aliphatic hydroxyl groups excluding tert-OH is 1. The van der Waals surface area contributed by atoms with Crippen LogP contribution in [0, 0.1) is 5.92 Å². The minimum absolute atomic E-state index is 0.0111. The fourth-order valence-electron chi connectivity index (χ4n) is 4.29. The number of nitrogens with zero attached hydrogens (tertiary/aromatic N) is 2. The molecular weight excluding hydrogens is 350 g/mol. The van der Waals surface area contributed by atoms with Gasteiger partial charge >= 0.3 is 6.09 Å². The van der Waals surface area contributed by atoms with E-state index >= 15 is 0 Å². The zero-order chi connectivity index (χ0) is 19.2. The van der Waals surface area contributed by atoms with Gasteiger partial charge < -0.3 is 20.1 Å². The Balaban J connectivity index is 1.42. The third-order valence-electron chi connectivity index (χ3n) is 5.84. The molecule has 144 valence electrons. The second-order valence-electron chi connectivity index (χ2n) is 7.59. The number of piperidine rings is 1. The van der Waals surface area contributed by atoms with Crippen LogP contribution in [-0.2, 0) is 19.7 Å². The second kappa shape index (κ2) is 6.53. The first-order valence-electron chi connectivity index (χ1n) is 9.15. The highest BCUT2D eigenvalue weighted by molar-refractivity contribution is 5.89. The van der Waals surface area contributed by atoms with Crippen LogP contribution in [0.4, 0.5) is 10.5 Å². The molecule has 1 aromatic rings. The van der Waals surface area contributed by atoms with E-state index in [1.54, 1.807) is 9.80 Å². The van der Waals surface area contributed by atoms with Crippen molar-refractivity contribution in [1.82, 2.24) is 10.2 Å². The molecule has 2 heterocycles. The van der Waals surface area contributed by atoms with E-state index in [1.807, 2.05) is 24.3 Å². The SMILES string of the molecule is CC(=O)NCC1CN(c2ccc(C34CC3CN(C(=O)CO)C4)cc2)C(=O)O1. The van der Waals surface area contributed by atoms with Crippen LogP contribution in [0.2, 0.25) is 0 Å². The Bertz CT molecular complexity index is 780. The Morgan fingerprint density at radius 2 is 2.04 bits per heavy atom. The van der Waals surface area contributed by atoms with E-state index in [-0.39, 0.29) is 23.3 Å². The Hall–Kier alpha value is -2.61. The standard InChI is InChI=1S/C19H23N3O5/c1-12(24)20-7-16-9-22(18(26)27-16)15-4-2-13(3-5-15)19-6-14(19)8-21(11-19)17(25)10-23/h2-5,14,16,23H,6-11H2,1H3,(H,20,24). The van der Waals surface area contributed by atoms with Gasteiger partial charge in [0.05, 0.1) is 13.1 Å². The molecule has 0 aromatic heterocycles. The van der Waals surface area contributed by atoms with Gasteiger partial charge in [0.2, 0.25) is 11.8 Å². The van der Waals surface area contributed by atoms with Gasteiger partial charge in [0.1, 0.15) is 12.7 Å². The molecule has 1 saturated carbocycles. The predicted molar refractivity (Wildman–Crippen MR) is 96.2 cm³/mol. The summed E-state index contributed by atoms with van der Waals surface area (Å²) in [7, 11) is 0. The number of ether oxygens (including phenoxy) is 1. The summed E-state index contributed by atoms with van der Waals surface area (Å²) in [6.07, 6.45) is 0.271. The zero-order valence-electron chi connectivity index (χ0n) is 15.2. The van der Waals surface area contributed by atoms with Crippen molar-refractivity contribution in [3.8, 4) is 0 Å². The third-order valence-corrected chi connectivity index (χ3v) is 5.84. The van der Waals surface area contributed by atoms with E-state index < -0.39 is 12.7 Å². The highest BCUT2D eigenvalue weighted by Crippen LogP contribution is 2.59. The Kier molecular flexibility index (Phi) is 4.30. The molecule has 0 radical (unpaired) electrons. The van der Waals surface area contributed by atoms with Gasteiger partial charge in [-0.3, -0.25) is 14.5 Å². The van der Waals surface area contributed by atoms with Crippen molar-refractivity contribution < 1.29 is 24.2 Å². The lowest BCUT2D eigenvalue weighted by Crippen LogP contribution is -2.34. The monoisotopic (exact) mass is 373 g/mol. The van der Waals surface area contributed by atoms with Gasteiger partial charge in [0.15, 0.2) is 0 Å². The number of carbonyl (C=O) groups is 3. The van der Waals surface area contributed by atoms with Gasteiger partial charge in [0, 0.05) is 31.1 Å². The van der Waals surface area contributed by atoms with Crippen molar-refractivity contribution in [3.63, 3.8) is 0 Å². The first-order valence-corrected chi connectivity index (χ1v) is 9.15. The van der Waals surface area contributed by atoms with Crippen molar-refractivity contribution in [3.05, 3.63) is 29.8 Å². The molecule has 2 saturated heterocycles. The molecule has 1 aliphatic carbocycles. The molecule has 3 fully saturated rings. The van der Waals surface area contributed by atoms with Crippen LogP contribution in [-0.4, -0.2) is 66.8 Å². The largest absolute Gasteiger partial charge is 0.442 e. The van der Waals surface area contributed by atoms with Gasteiger partial charge in [-0.25, -0.2) is 4.79 Å². The number of benzene rings is 1. The van der Waals surface area contributed by atoms with Crippen molar-refractivity contribution >= 4 is 23.6 Å². The van der Waals surface area contributed by atoms with E-state index in [2.05, 4.69) is 5.32 Å². The topological polar surface area (TPSA) is 99.2 Å². The summed E-state index contributed by atoms with van der Waals surface area (Å²) in [5.74, 6) is 0.0678. The summed E-state index contributed by atoms with van der Waals surface area (Å²) in [4.78, 5) is 38.2. The summed E-state index contributed by atoms with van der Waals surface area (Å²) in [6.45, 7) is 3.01. The van der Waals surface area contributed by atoms with E-state index in [1.165, 1.54) is 6.92 Å². The first-order chi connectivity index (χ1) is 12.9. The number of anilines is 1. The van der Waals surface area contributed by atoms with Crippen molar-refractivity contribution in [1.29, 1.82) is 0 Å². The fourth-order valence-corrected chi connectivity index (χ4v) is 4.29. The maximum atomic E-state index is 12.1. The van der Waals surface area contributed by atoms with E-state index in [4.69, 9.17) is 9.84 Å². The number of hydrogen-bond donors (Lipinski definition) is 2. The lowest BCUT2D eigenvalue weighted by molar-refractivity contribution is -0.133. The maximum absolute atomic E-state index is 12.1. The predicted octanol–water partition coefficient (Wildman–Crippen LogP) is 0.240. The Morgan fingerprint density at radius 1 is 1.30 bits per heavy atom. The van der Waals surface area contributed by atoms with Gasteiger partial charge in [0.25, 0.3) is 0 Å². The number of fused-ring (bicyclic) bond motifs is 1. The van der Waals surface area contributed by atoms with Crippen molar-refractivity contribution in [2.24, 2.45) is 5.92 Å². The third kappa shape index (κ3) is 3.14. The molecule has 2 N–H and O–H groups in total. The van der Waals surface area contributed by atoms with Crippen LogP contribution >= 0.6 is 0 Å². The molecule has 0 spiro atoms. The van der Waals surface area contributed by atoms with E-state index in [9.17, 15) is 14.4 Å². The average molecular weight is 373 g/mol. The van der Waals surface area contributed by atoms with Crippen LogP contribution in [0.3, 0.4) is 0 Å². The van der Waals surface area contributed by atoms with Crippen LogP contribution in [0.25, 0.3) is 0 Å². The molecule has 8 heteroatoms. The molecule has 3 amide bonds. The molecule has 3 aliphatic rings. The quantitative estimate of drug-likeness (QED) is 0.770. The molecule has 3 atom stereocenters. The first kappa shape index (κ1) is 17.8. The number of carbonyl (C=O) groups excluding carboxylic acids is 3. The summed E-state index contributed by atoms with van der Waals surface area (Å²) < 4.78 is 5.29. The van der Waals surface area contributed by atoms with Gasteiger partial charge in [-0.15, -0.1) is 0 Å². The van der Waals surface area contributed by atoms with Crippen LogP contribution < -0.4 is 10.2 Å². The number of hydrogen-bond acceptors (Lipinski definition) is 5. The van der Waals surface area contributed by atoms with Gasteiger partial charge in [-0.1, -0.05) is 12.1 Å².